The van der Waals surface area contributed by atoms with E-state index < -0.39 is 49.1 Å². The number of ether oxygens (including phenoxy) is 5. The highest BCUT2D eigenvalue weighted by atomic mass is 16.7. The average molecular weight is 596 g/mol. The van der Waals surface area contributed by atoms with E-state index in [1.165, 1.54) is 0 Å². The summed E-state index contributed by atoms with van der Waals surface area (Å²) < 4.78 is 30.9. The third kappa shape index (κ3) is 6.09. The summed E-state index contributed by atoms with van der Waals surface area (Å²) in [5.74, 6) is 0.0743. The molecular formula is C35H33NO8. The minimum Gasteiger partial charge on any atom is -0.497 e. The van der Waals surface area contributed by atoms with Crippen molar-refractivity contribution in [3.63, 3.8) is 0 Å². The standard InChI is InChI=1S/C35H33NO8/c1-40-25-16-18-26(19-17-25)43-35-30(36-33(38)27-14-8-9-15-28(27)34(36)39)32(42-22-24-12-6-3-7-13-24)31(29(20-37)44-35)41-21-23-10-4-2-5-11-23/h2-19,29-32,35,37H,20-22H2,1H3/t29-,30-,31-,32-,35-/m1/s1. The number of carbonyl (C=O) groups excluding carboxylic acids is 2. The monoisotopic (exact) mass is 595 g/mol. The molecule has 1 fully saturated rings. The largest absolute Gasteiger partial charge is 0.497 e. The molecule has 0 radical (unpaired) electrons. The quantitative estimate of drug-likeness (QED) is 0.251. The van der Waals surface area contributed by atoms with Gasteiger partial charge in [-0.3, -0.25) is 14.5 Å². The Bertz CT molecular complexity index is 1530. The Labute approximate surface area is 255 Å². The van der Waals surface area contributed by atoms with E-state index in [2.05, 4.69) is 0 Å². The molecule has 9 heteroatoms. The van der Waals surface area contributed by atoms with Gasteiger partial charge in [-0.2, -0.15) is 0 Å². The Morgan fingerprint density at radius 1 is 0.682 bits per heavy atom. The van der Waals surface area contributed by atoms with Crippen LogP contribution in [0.5, 0.6) is 11.5 Å². The van der Waals surface area contributed by atoms with Crippen molar-refractivity contribution in [1.29, 1.82) is 0 Å². The first-order valence-electron chi connectivity index (χ1n) is 14.4. The van der Waals surface area contributed by atoms with Gasteiger partial charge in [-0.15, -0.1) is 0 Å². The molecule has 4 aromatic carbocycles. The van der Waals surface area contributed by atoms with Crippen LogP contribution in [0.15, 0.2) is 109 Å². The Morgan fingerprint density at radius 3 is 1.70 bits per heavy atom. The van der Waals surface area contributed by atoms with E-state index in [0.29, 0.717) is 11.5 Å². The summed E-state index contributed by atoms with van der Waals surface area (Å²) >= 11 is 0. The highest BCUT2D eigenvalue weighted by Gasteiger charge is 2.55. The van der Waals surface area contributed by atoms with Gasteiger partial charge in [0.25, 0.3) is 11.8 Å². The van der Waals surface area contributed by atoms with E-state index >= 15 is 0 Å². The van der Waals surface area contributed by atoms with Crippen LogP contribution in [0, 0.1) is 0 Å². The fourth-order valence-corrected chi connectivity index (χ4v) is 5.60. The van der Waals surface area contributed by atoms with Crippen LogP contribution >= 0.6 is 0 Å². The molecular weight excluding hydrogens is 562 g/mol. The number of carbonyl (C=O) groups is 2. The average Bonchev–Trinajstić information content (AvgIpc) is 3.33. The molecule has 1 saturated heterocycles. The van der Waals surface area contributed by atoms with E-state index in [0.717, 1.165) is 16.0 Å². The van der Waals surface area contributed by atoms with Crippen molar-refractivity contribution in [3.05, 3.63) is 131 Å². The van der Waals surface area contributed by atoms with Gasteiger partial charge in [-0.25, -0.2) is 0 Å². The van der Waals surface area contributed by atoms with Gasteiger partial charge in [-0.05, 0) is 47.5 Å². The van der Waals surface area contributed by atoms with E-state index in [1.54, 1.807) is 55.6 Å². The smallest absolute Gasteiger partial charge is 0.262 e. The van der Waals surface area contributed by atoms with Crippen molar-refractivity contribution in [3.8, 4) is 11.5 Å². The molecule has 1 N–H and O–H groups in total. The lowest BCUT2D eigenvalue weighted by Crippen LogP contribution is -2.67. The summed E-state index contributed by atoms with van der Waals surface area (Å²) in [6.07, 6.45) is -3.89. The number of rotatable bonds is 11. The number of fused-ring (bicyclic) bond motifs is 1. The van der Waals surface area contributed by atoms with Crippen LogP contribution in [-0.2, 0) is 27.4 Å². The maximum atomic E-state index is 13.9. The van der Waals surface area contributed by atoms with Crippen LogP contribution < -0.4 is 9.47 Å². The highest BCUT2D eigenvalue weighted by molar-refractivity contribution is 6.21. The van der Waals surface area contributed by atoms with Gasteiger partial charge in [0.15, 0.2) is 0 Å². The lowest BCUT2D eigenvalue weighted by atomic mass is 9.94. The first-order valence-corrected chi connectivity index (χ1v) is 14.4. The van der Waals surface area contributed by atoms with Crippen molar-refractivity contribution >= 4 is 11.8 Å². The van der Waals surface area contributed by atoms with Crippen molar-refractivity contribution in [1.82, 2.24) is 4.90 Å². The molecule has 2 aliphatic heterocycles. The molecule has 2 amide bonds. The molecule has 0 saturated carbocycles. The third-order valence-electron chi connectivity index (χ3n) is 7.80. The predicted octanol–water partition coefficient (Wildman–Crippen LogP) is 4.63. The Kier molecular flexibility index (Phi) is 8.99. The molecule has 9 nitrogen and oxygen atoms in total. The minimum absolute atomic E-state index is 0.157. The number of benzene rings is 4. The van der Waals surface area contributed by atoms with Crippen LogP contribution in [-0.4, -0.2) is 66.2 Å². The van der Waals surface area contributed by atoms with Crippen LogP contribution in [0.3, 0.4) is 0 Å². The molecule has 0 unspecified atom stereocenters. The molecule has 5 atom stereocenters. The summed E-state index contributed by atoms with van der Waals surface area (Å²) in [6, 6.07) is 31.6. The maximum absolute atomic E-state index is 13.9. The van der Waals surface area contributed by atoms with E-state index in [1.807, 2.05) is 60.7 Å². The van der Waals surface area contributed by atoms with Crippen LogP contribution in [0.25, 0.3) is 0 Å². The lowest BCUT2D eigenvalue weighted by molar-refractivity contribution is -0.276. The van der Waals surface area contributed by atoms with E-state index in [9.17, 15) is 14.7 Å². The SMILES string of the molecule is COc1ccc(O[C@@H]2O[C@H](CO)[C@@H](OCc3ccccc3)[C@H](OCc3ccccc3)[C@H]2N2C(=O)c3ccccc3C2=O)cc1. The Morgan fingerprint density at radius 2 is 1.18 bits per heavy atom. The maximum Gasteiger partial charge on any atom is 0.262 e. The topological polar surface area (TPSA) is 104 Å². The number of amides is 2. The van der Waals surface area contributed by atoms with E-state index in [4.69, 9.17) is 23.7 Å². The molecule has 2 heterocycles. The minimum atomic E-state index is -1.19. The number of hydrogen-bond donors (Lipinski definition) is 1. The molecule has 0 bridgehead atoms. The van der Waals surface area contributed by atoms with Gasteiger partial charge in [0, 0.05) is 0 Å². The number of aliphatic hydroxyl groups is 1. The predicted molar refractivity (Wildman–Crippen MR) is 160 cm³/mol. The van der Waals surface area contributed by atoms with Crippen molar-refractivity contribution in [2.24, 2.45) is 0 Å². The summed E-state index contributed by atoms with van der Waals surface area (Å²) in [5.41, 5.74) is 2.36. The van der Waals surface area contributed by atoms with Crippen molar-refractivity contribution < 1.29 is 38.4 Å². The zero-order valence-electron chi connectivity index (χ0n) is 24.2. The van der Waals surface area contributed by atoms with Crippen LogP contribution in [0.1, 0.15) is 31.8 Å². The highest BCUT2D eigenvalue weighted by Crippen LogP contribution is 2.36. The summed E-state index contributed by atoms with van der Waals surface area (Å²) in [6.45, 7) is -0.0683. The molecule has 6 rings (SSSR count). The zero-order chi connectivity index (χ0) is 30.5. The molecule has 4 aromatic rings. The molecule has 44 heavy (non-hydrogen) atoms. The summed E-state index contributed by atoms with van der Waals surface area (Å²) in [5, 5.41) is 10.5. The molecule has 2 aliphatic rings. The Hall–Kier alpha value is -4.54. The fraction of sp³-hybridized carbons (Fsp3) is 0.257. The first kappa shape index (κ1) is 29.5. The van der Waals surface area contributed by atoms with Gasteiger partial charge in [0.05, 0.1) is 38.1 Å². The molecule has 226 valence electrons. The van der Waals surface area contributed by atoms with Crippen molar-refractivity contribution in [2.75, 3.05) is 13.7 Å². The molecule has 0 spiro atoms. The second-order valence-corrected chi connectivity index (χ2v) is 10.6. The second kappa shape index (κ2) is 13.4. The van der Waals surface area contributed by atoms with Gasteiger partial charge in [0.2, 0.25) is 6.29 Å². The van der Waals surface area contributed by atoms with Gasteiger partial charge < -0.3 is 28.8 Å². The summed E-state index contributed by atoms with van der Waals surface area (Å²) in [7, 11) is 1.56. The van der Waals surface area contributed by atoms with Crippen molar-refractivity contribution in [2.45, 2.75) is 43.9 Å². The molecule has 0 aliphatic carbocycles. The zero-order valence-corrected chi connectivity index (χ0v) is 24.2. The molecule has 0 aromatic heterocycles. The number of imide groups is 1. The summed E-state index contributed by atoms with van der Waals surface area (Å²) in [4.78, 5) is 28.9. The van der Waals surface area contributed by atoms with Crippen LogP contribution in [0.2, 0.25) is 0 Å². The van der Waals surface area contributed by atoms with Crippen LogP contribution in [0.4, 0.5) is 0 Å². The fourth-order valence-electron chi connectivity index (χ4n) is 5.60. The Balaban J connectivity index is 1.40. The number of methoxy groups -OCH3 is 1. The van der Waals surface area contributed by atoms with Gasteiger partial charge in [0.1, 0.15) is 35.9 Å². The lowest BCUT2D eigenvalue weighted by Gasteiger charge is -2.47. The second-order valence-electron chi connectivity index (χ2n) is 10.6. The van der Waals surface area contributed by atoms with Gasteiger partial charge in [-0.1, -0.05) is 72.8 Å². The number of nitrogens with zero attached hydrogens (tertiary/aromatic N) is 1. The number of hydrogen-bond acceptors (Lipinski definition) is 8. The first-order chi connectivity index (χ1) is 21.6. The normalized spacial score (nSPS) is 23.0. The van der Waals surface area contributed by atoms with Gasteiger partial charge >= 0.3 is 0 Å². The number of aliphatic hydroxyl groups excluding tert-OH is 1. The third-order valence-corrected chi connectivity index (χ3v) is 7.80. The van der Waals surface area contributed by atoms with E-state index in [-0.39, 0.29) is 24.3 Å².